The van der Waals surface area contributed by atoms with Crippen LogP contribution < -0.4 is 5.32 Å². The Kier molecular flexibility index (Phi) is 4.86. The Morgan fingerprint density at radius 2 is 2.08 bits per heavy atom. The molecule has 0 aliphatic rings. The number of hydrogen-bond donors (Lipinski definition) is 1. The van der Waals surface area contributed by atoms with E-state index in [-0.39, 0.29) is 0 Å². The van der Waals surface area contributed by atoms with Crippen LogP contribution in [0, 0.1) is 0 Å². The SMILES string of the molecule is CCCNC(=S)Sc1ccccc1. The van der Waals surface area contributed by atoms with E-state index >= 15 is 0 Å². The number of hydrogen-bond acceptors (Lipinski definition) is 2. The second kappa shape index (κ2) is 6.00. The van der Waals surface area contributed by atoms with Crippen molar-refractivity contribution in [1.29, 1.82) is 0 Å². The highest BCUT2D eigenvalue weighted by Crippen LogP contribution is 2.17. The van der Waals surface area contributed by atoms with Crippen molar-refractivity contribution in [2.45, 2.75) is 18.2 Å². The van der Waals surface area contributed by atoms with Gasteiger partial charge in [-0.2, -0.15) is 0 Å². The molecular weight excluding hydrogens is 198 g/mol. The fourth-order valence-corrected chi connectivity index (χ4v) is 1.93. The third kappa shape index (κ3) is 4.29. The molecule has 0 atom stereocenters. The lowest BCUT2D eigenvalue weighted by atomic mass is 10.4. The topological polar surface area (TPSA) is 12.0 Å². The van der Waals surface area contributed by atoms with Gasteiger partial charge in [0.25, 0.3) is 0 Å². The summed E-state index contributed by atoms with van der Waals surface area (Å²) in [5.41, 5.74) is 0. The number of benzene rings is 1. The molecule has 1 N–H and O–H groups in total. The Morgan fingerprint density at radius 1 is 1.38 bits per heavy atom. The molecule has 3 heteroatoms. The first-order valence-electron chi connectivity index (χ1n) is 4.33. The van der Waals surface area contributed by atoms with E-state index < -0.39 is 0 Å². The van der Waals surface area contributed by atoms with Gasteiger partial charge in [0.15, 0.2) is 0 Å². The molecule has 70 valence electrons. The number of rotatable bonds is 3. The minimum Gasteiger partial charge on any atom is -0.371 e. The second-order valence-electron chi connectivity index (χ2n) is 2.63. The Labute approximate surface area is 88.9 Å². The van der Waals surface area contributed by atoms with E-state index in [2.05, 4.69) is 24.4 Å². The zero-order valence-electron chi connectivity index (χ0n) is 7.62. The lowest BCUT2D eigenvalue weighted by Crippen LogP contribution is -2.18. The molecule has 0 aromatic heterocycles. The van der Waals surface area contributed by atoms with Crippen LogP contribution in [0.5, 0.6) is 0 Å². The molecule has 1 aromatic carbocycles. The van der Waals surface area contributed by atoms with Crippen molar-refractivity contribution in [2.24, 2.45) is 0 Å². The Bertz CT molecular complexity index is 259. The van der Waals surface area contributed by atoms with Crippen LogP contribution in [0.15, 0.2) is 35.2 Å². The molecule has 0 radical (unpaired) electrons. The maximum atomic E-state index is 5.15. The summed E-state index contributed by atoms with van der Waals surface area (Å²) in [5, 5.41) is 3.18. The molecule has 0 amide bonds. The van der Waals surface area contributed by atoms with Crippen LogP contribution in [0.3, 0.4) is 0 Å². The van der Waals surface area contributed by atoms with Gasteiger partial charge in [0.05, 0.1) is 0 Å². The maximum absolute atomic E-state index is 5.15. The first-order chi connectivity index (χ1) is 6.33. The van der Waals surface area contributed by atoms with Crippen molar-refractivity contribution in [2.75, 3.05) is 6.54 Å². The summed E-state index contributed by atoms with van der Waals surface area (Å²) >= 11 is 6.76. The van der Waals surface area contributed by atoms with Crippen molar-refractivity contribution in [3.8, 4) is 0 Å². The molecule has 0 heterocycles. The molecule has 1 nitrogen and oxygen atoms in total. The Balaban J connectivity index is 2.37. The third-order valence-corrected chi connectivity index (χ3v) is 2.71. The summed E-state index contributed by atoms with van der Waals surface area (Å²) in [7, 11) is 0. The third-order valence-electron chi connectivity index (χ3n) is 1.47. The van der Waals surface area contributed by atoms with Crippen LogP contribution in [0.2, 0.25) is 0 Å². The number of thioether (sulfide) groups is 1. The number of thiocarbonyl (C=S) groups is 1. The Morgan fingerprint density at radius 3 is 2.69 bits per heavy atom. The van der Waals surface area contributed by atoms with Crippen molar-refractivity contribution in [1.82, 2.24) is 5.32 Å². The van der Waals surface area contributed by atoms with Gasteiger partial charge in [0.1, 0.15) is 4.32 Å². The maximum Gasteiger partial charge on any atom is 0.138 e. The van der Waals surface area contributed by atoms with E-state index in [1.165, 1.54) is 4.90 Å². The van der Waals surface area contributed by atoms with Crippen LogP contribution >= 0.6 is 24.0 Å². The van der Waals surface area contributed by atoms with Gasteiger partial charge < -0.3 is 5.32 Å². The van der Waals surface area contributed by atoms with Crippen LogP contribution in [-0.2, 0) is 0 Å². The second-order valence-corrected chi connectivity index (χ2v) is 4.38. The van der Waals surface area contributed by atoms with Gasteiger partial charge in [-0.25, -0.2) is 0 Å². The monoisotopic (exact) mass is 211 g/mol. The average molecular weight is 211 g/mol. The van der Waals surface area contributed by atoms with Crippen molar-refractivity contribution in [3.63, 3.8) is 0 Å². The van der Waals surface area contributed by atoms with E-state index in [1.54, 1.807) is 11.8 Å². The highest BCUT2D eigenvalue weighted by atomic mass is 32.2. The molecular formula is C10H13NS2. The van der Waals surface area contributed by atoms with Gasteiger partial charge in [-0.05, 0) is 18.6 Å². The quantitative estimate of drug-likeness (QED) is 0.609. The summed E-state index contributed by atoms with van der Waals surface area (Å²) in [6.07, 6.45) is 1.11. The predicted molar refractivity (Wildman–Crippen MR) is 63.2 cm³/mol. The minimum atomic E-state index is 0.855. The van der Waals surface area contributed by atoms with E-state index in [0.717, 1.165) is 17.3 Å². The highest BCUT2D eigenvalue weighted by molar-refractivity contribution is 8.23. The molecule has 13 heavy (non-hydrogen) atoms. The normalized spacial score (nSPS) is 9.62. The minimum absolute atomic E-state index is 0.855. The van der Waals surface area contributed by atoms with Gasteiger partial charge in [-0.1, -0.05) is 49.1 Å². The standard InChI is InChI=1S/C10H13NS2/c1-2-8-11-10(12)13-9-6-4-3-5-7-9/h3-7H,2,8H2,1H3,(H,11,12). The molecule has 0 fully saturated rings. The van der Waals surface area contributed by atoms with Crippen molar-refractivity contribution < 1.29 is 0 Å². The van der Waals surface area contributed by atoms with E-state index in [1.807, 2.05) is 18.2 Å². The van der Waals surface area contributed by atoms with E-state index in [0.29, 0.717) is 0 Å². The summed E-state index contributed by atoms with van der Waals surface area (Å²) in [4.78, 5) is 1.19. The van der Waals surface area contributed by atoms with Crippen molar-refractivity contribution in [3.05, 3.63) is 30.3 Å². The molecule has 1 aromatic rings. The summed E-state index contributed by atoms with van der Waals surface area (Å²) in [6, 6.07) is 10.2. The van der Waals surface area contributed by atoms with Gasteiger partial charge in [0, 0.05) is 11.4 Å². The van der Waals surface area contributed by atoms with E-state index in [4.69, 9.17) is 12.2 Å². The van der Waals surface area contributed by atoms with Crippen LogP contribution in [0.1, 0.15) is 13.3 Å². The lowest BCUT2D eigenvalue weighted by Gasteiger charge is -2.04. The summed E-state index contributed by atoms with van der Waals surface area (Å²) in [6.45, 7) is 3.08. The molecule has 0 saturated heterocycles. The fraction of sp³-hybridized carbons (Fsp3) is 0.300. The lowest BCUT2D eigenvalue weighted by molar-refractivity contribution is 0.854. The van der Waals surface area contributed by atoms with Crippen molar-refractivity contribution >= 4 is 28.3 Å². The molecule has 0 bridgehead atoms. The molecule has 0 aliphatic carbocycles. The van der Waals surface area contributed by atoms with Gasteiger partial charge in [-0.3, -0.25) is 0 Å². The first-order valence-corrected chi connectivity index (χ1v) is 5.56. The summed E-state index contributed by atoms with van der Waals surface area (Å²) in [5.74, 6) is 0. The van der Waals surface area contributed by atoms with Gasteiger partial charge in [0.2, 0.25) is 0 Å². The van der Waals surface area contributed by atoms with Crippen LogP contribution in [-0.4, -0.2) is 10.9 Å². The average Bonchev–Trinajstić information content (AvgIpc) is 2.16. The molecule has 0 unspecified atom stereocenters. The zero-order valence-corrected chi connectivity index (χ0v) is 9.25. The highest BCUT2D eigenvalue weighted by Gasteiger charge is 1.97. The largest absolute Gasteiger partial charge is 0.371 e. The molecule has 0 spiro atoms. The van der Waals surface area contributed by atoms with E-state index in [9.17, 15) is 0 Å². The molecule has 0 aliphatic heterocycles. The predicted octanol–water partition coefficient (Wildman–Crippen LogP) is 3.06. The molecule has 0 saturated carbocycles. The van der Waals surface area contributed by atoms with Gasteiger partial charge in [-0.15, -0.1) is 0 Å². The zero-order chi connectivity index (χ0) is 9.52. The first kappa shape index (κ1) is 10.5. The molecule has 1 rings (SSSR count). The Hall–Kier alpha value is -0.540. The van der Waals surface area contributed by atoms with Gasteiger partial charge >= 0.3 is 0 Å². The van der Waals surface area contributed by atoms with Crippen LogP contribution in [0.25, 0.3) is 0 Å². The number of nitrogens with one attached hydrogen (secondary N) is 1. The summed E-state index contributed by atoms with van der Waals surface area (Å²) < 4.78 is 0.855. The van der Waals surface area contributed by atoms with Crippen LogP contribution in [0.4, 0.5) is 0 Å². The smallest absolute Gasteiger partial charge is 0.138 e. The fourth-order valence-electron chi connectivity index (χ4n) is 0.859.